The molecule has 0 heterocycles. The average molecular weight is 332 g/mol. The second-order valence-corrected chi connectivity index (χ2v) is 6.64. The van der Waals surface area contributed by atoms with Gasteiger partial charge in [0.2, 0.25) is 0 Å². The highest BCUT2D eigenvalue weighted by molar-refractivity contribution is 7.42. The summed E-state index contributed by atoms with van der Waals surface area (Å²) in [6, 6.07) is 15.9. The van der Waals surface area contributed by atoms with E-state index in [4.69, 9.17) is 13.6 Å². The van der Waals surface area contributed by atoms with Gasteiger partial charge in [-0.2, -0.15) is 0 Å². The lowest BCUT2D eigenvalue weighted by molar-refractivity contribution is 0.259. The molecule has 23 heavy (non-hydrogen) atoms. The minimum absolute atomic E-state index is 0.650. The van der Waals surface area contributed by atoms with Crippen molar-refractivity contribution in [3.05, 3.63) is 59.7 Å². The molecule has 2 aromatic rings. The molecule has 0 fully saturated rings. The van der Waals surface area contributed by atoms with Crippen molar-refractivity contribution in [2.24, 2.45) is 0 Å². The molecule has 4 heteroatoms. The van der Waals surface area contributed by atoms with Gasteiger partial charge >= 0.3 is 8.60 Å². The van der Waals surface area contributed by atoms with Crippen LogP contribution in [0.1, 0.15) is 37.3 Å². The van der Waals surface area contributed by atoms with Crippen LogP contribution in [-0.4, -0.2) is 6.61 Å². The number of aryl methyl sites for hydroxylation is 2. The third-order valence-electron chi connectivity index (χ3n) is 3.35. The van der Waals surface area contributed by atoms with Gasteiger partial charge < -0.3 is 9.05 Å². The quantitative estimate of drug-likeness (QED) is 0.404. The maximum absolute atomic E-state index is 5.90. The maximum atomic E-state index is 5.90. The topological polar surface area (TPSA) is 27.7 Å². The number of unbranched alkanes of at least 4 members (excludes halogenated alkanes) is 2. The van der Waals surface area contributed by atoms with Crippen LogP contribution in [0.5, 0.6) is 11.5 Å². The van der Waals surface area contributed by atoms with E-state index in [9.17, 15) is 0 Å². The van der Waals surface area contributed by atoms with E-state index in [2.05, 4.69) is 20.8 Å². The van der Waals surface area contributed by atoms with Crippen molar-refractivity contribution in [1.82, 2.24) is 0 Å². The van der Waals surface area contributed by atoms with Crippen molar-refractivity contribution in [2.45, 2.75) is 40.0 Å². The molecule has 0 N–H and O–H groups in total. The van der Waals surface area contributed by atoms with Gasteiger partial charge in [0.05, 0.1) is 6.61 Å². The first kappa shape index (κ1) is 17.8. The fraction of sp³-hybridized carbons (Fsp3) is 0.368. The third-order valence-corrected chi connectivity index (χ3v) is 4.46. The molecular weight excluding hydrogens is 307 g/mol. The lowest BCUT2D eigenvalue weighted by atomic mass is 10.2. The van der Waals surface area contributed by atoms with Crippen LogP contribution in [0.4, 0.5) is 0 Å². The first-order valence-corrected chi connectivity index (χ1v) is 9.19. The van der Waals surface area contributed by atoms with Crippen LogP contribution in [0.25, 0.3) is 0 Å². The molecule has 0 aromatic heterocycles. The van der Waals surface area contributed by atoms with E-state index in [0.29, 0.717) is 6.61 Å². The summed E-state index contributed by atoms with van der Waals surface area (Å²) in [7, 11) is -1.45. The first-order valence-electron chi connectivity index (χ1n) is 8.09. The Balaban J connectivity index is 1.98. The molecule has 2 rings (SSSR count). The predicted octanol–water partition coefficient (Wildman–Crippen LogP) is 6.19. The zero-order valence-electron chi connectivity index (χ0n) is 14.1. The minimum Gasteiger partial charge on any atom is -0.418 e. The molecule has 2 aromatic carbocycles. The first-order chi connectivity index (χ1) is 11.2. The molecule has 0 amide bonds. The Kier molecular flexibility index (Phi) is 7.38. The van der Waals surface area contributed by atoms with Crippen LogP contribution in [0.2, 0.25) is 0 Å². The standard InChI is InChI=1S/C19H25O3P/c1-4-5-6-15-20-23(21-18-11-7-16(2)8-12-18)22-19-13-9-17(3)10-14-19/h7-14H,4-6,15H2,1-3H3. The lowest BCUT2D eigenvalue weighted by Gasteiger charge is -2.17. The summed E-state index contributed by atoms with van der Waals surface area (Å²) < 4.78 is 17.6. The highest BCUT2D eigenvalue weighted by Crippen LogP contribution is 2.41. The number of hydrogen-bond donors (Lipinski definition) is 0. The normalized spacial score (nSPS) is 10.8. The van der Waals surface area contributed by atoms with Crippen LogP contribution in [0, 0.1) is 13.8 Å². The Morgan fingerprint density at radius 2 is 1.22 bits per heavy atom. The molecule has 0 aliphatic rings. The summed E-state index contributed by atoms with van der Waals surface area (Å²) in [6.45, 7) is 6.93. The largest absolute Gasteiger partial charge is 0.463 e. The SMILES string of the molecule is CCCCCOP(Oc1ccc(C)cc1)Oc1ccc(C)cc1. The molecule has 0 aliphatic carbocycles. The Hall–Kier alpha value is -1.57. The molecule has 0 spiro atoms. The van der Waals surface area contributed by atoms with Gasteiger partial charge in [0, 0.05) is 0 Å². The zero-order chi connectivity index (χ0) is 16.5. The van der Waals surface area contributed by atoms with Gasteiger partial charge in [-0.05, 0) is 44.5 Å². The van der Waals surface area contributed by atoms with Crippen LogP contribution in [0.3, 0.4) is 0 Å². The second kappa shape index (κ2) is 9.54. The van der Waals surface area contributed by atoms with Gasteiger partial charge in [-0.1, -0.05) is 55.2 Å². The Morgan fingerprint density at radius 1 is 0.739 bits per heavy atom. The summed E-state index contributed by atoms with van der Waals surface area (Å²) >= 11 is 0. The molecule has 0 unspecified atom stereocenters. The molecule has 0 bridgehead atoms. The molecular formula is C19H25O3P. The molecule has 3 nitrogen and oxygen atoms in total. The summed E-state index contributed by atoms with van der Waals surface area (Å²) in [6.07, 6.45) is 3.33. The van der Waals surface area contributed by atoms with Gasteiger partial charge in [0.15, 0.2) is 0 Å². The van der Waals surface area contributed by atoms with Crippen LogP contribution < -0.4 is 9.05 Å². The van der Waals surface area contributed by atoms with Crippen molar-refractivity contribution >= 4 is 8.60 Å². The van der Waals surface area contributed by atoms with Gasteiger partial charge in [-0.15, -0.1) is 0 Å². The van der Waals surface area contributed by atoms with Crippen LogP contribution >= 0.6 is 8.60 Å². The van der Waals surface area contributed by atoms with E-state index >= 15 is 0 Å². The summed E-state index contributed by atoms with van der Waals surface area (Å²) in [5.74, 6) is 1.54. The smallest absolute Gasteiger partial charge is 0.418 e. The maximum Gasteiger partial charge on any atom is 0.463 e. The number of rotatable bonds is 9. The van der Waals surface area contributed by atoms with E-state index in [-0.39, 0.29) is 0 Å². The van der Waals surface area contributed by atoms with Crippen LogP contribution in [0.15, 0.2) is 48.5 Å². The summed E-state index contributed by atoms with van der Waals surface area (Å²) in [4.78, 5) is 0. The van der Waals surface area contributed by atoms with E-state index in [1.165, 1.54) is 17.5 Å². The minimum atomic E-state index is -1.45. The third kappa shape index (κ3) is 6.60. The Bertz CT molecular complexity index is 519. The van der Waals surface area contributed by atoms with E-state index in [1.807, 2.05) is 48.5 Å². The lowest BCUT2D eigenvalue weighted by Crippen LogP contribution is -2.01. The molecule has 0 aliphatic heterocycles. The van der Waals surface area contributed by atoms with Crippen molar-refractivity contribution in [1.29, 1.82) is 0 Å². The van der Waals surface area contributed by atoms with Gasteiger partial charge in [0.25, 0.3) is 0 Å². The zero-order valence-corrected chi connectivity index (χ0v) is 15.0. The van der Waals surface area contributed by atoms with E-state index < -0.39 is 8.60 Å². The molecule has 124 valence electrons. The Morgan fingerprint density at radius 3 is 1.65 bits per heavy atom. The van der Waals surface area contributed by atoms with Crippen molar-refractivity contribution in [3.63, 3.8) is 0 Å². The van der Waals surface area contributed by atoms with Crippen LogP contribution in [-0.2, 0) is 4.52 Å². The fourth-order valence-corrected chi connectivity index (χ4v) is 2.94. The highest BCUT2D eigenvalue weighted by Gasteiger charge is 2.17. The Labute approximate surface area is 140 Å². The molecule has 0 radical (unpaired) electrons. The summed E-state index contributed by atoms with van der Waals surface area (Å²) in [5, 5.41) is 0. The monoisotopic (exact) mass is 332 g/mol. The second-order valence-electron chi connectivity index (χ2n) is 5.57. The van der Waals surface area contributed by atoms with E-state index in [0.717, 1.165) is 24.3 Å². The molecule has 0 saturated carbocycles. The van der Waals surface area contributed by atoms with Crippen molar-refractivity contribution in [3.8, 4) is 11.5 Å². The molecule has 0 saturated heterocycles. The van der Waals surface area contributed by atoms with Crippen molar-refractivity contribution in [2.75, 3.05) is 6.61 Å². The van der Waals surface area contributed by atoms with Crippen molar-refractivity contribution < 1.29 is 13.6 Å². The predicted molar refractivity (Wildman–Crippen MR) is 96.0 cm³/mol. The van der Waals surface area contributed by atoms with Gasteiger partial charge in [-0.3, -0.25) is 4.52 Å². The number of benzene rings is 2. The highest BCUT2D eigenvalue weighted by atomic mass is 31.2. The fourth-order valence-electron chi connectivity index (χ4n) is 1.93. The summed E-state index contributed by atoms with van der Waals surface area (Å²) in [5.41, 5.74) is 2.40. The number of hydrogen-bond acceptors (Lipinski definition) is 3. The molecule has 0 atom stereocenters. The van der Waals surface area contributed by atoms with Gasteiger partial charge in [-0.25, -0.2) is 0 Å². The van der Waals surface area contributed by atoms with E-state index in [1.54, 1.807) is 0 Å². The van der Waals surface area contributed by atoms with Gasteiger partial charge in [0.1, 0.15) is 11.5 Å². The average Bonchev–Trinajstić information content (AvgIpc) is 2.55.